The van der Waals surface area contributed by atoms with E-state index < -0.39 is 8.24 Å². The minimum atomic E-state index is -1.57. The van der Waals surface area contributed by atoms with Crippen LogP contribution in [-0.4, -0.2) is 27.2 Å². The third-order valence-electron chi connectivity index (χ3n) is 4.70. The second-order valence-corrected chi connectivity index (χ2v) is 12.2. The van der Waals surface area contributed by atoms with Crippen molar-refractivity contribution in [2.75, 3.05) is 7.11 Å². The molecular weight excluding hydrogens is 273 g/mol. The molecule has 21 heavy (non-hydrogen) atoms. The molecule has 0 amide bonds. The van der Waals surface area contributed by atoms with Gasteiger partial charge in [-0.05, 0) is 35.0 Å². The molecule has 0 fully saturated rings. The molecular formula is C17H25BNOSi. The Hall–Kier alpha value is -1.42. The summed E-state index contributed by atoms with van der Waals surface area (Å²) in [4.78, 5) is 0. The van der Waals surface area contributed by atoms with E-state index in [0.29, 0.717) is 5.04 Å². The van der Waals surface area contributed by atoms with Gasteiger partial charge in [0.15, 0.2) is 0 Å². The van der Waals surface area contributed by atoms with Crippen LogP contribution in [0.5, 0.6) is 5.75 Å². The summed E-state index contributed by atoms with van der Waals surface area (Å²) in [5.41, 5.74) is 2.48. The predicted octanol–water partition coefficient (Wildman–Crippen LogP) is 4.49. The number of methoxy groups -OCH3 is 1. The highest BCUT2D eigenvalue weighted by Crippen LogP contribution is 2.39. The van der Waals surface area contributed by atoms with Gasteiger partial charge in [-0.1, -0.05) is 57.5 Å². The molecule has 1 aromatic rings. The van der Waals surface area contributed by atoms with Crippen LogP contribution >= 0.6 is 0 Å². The van der Waals surface area contributed by atoms with Gasteiger partial charge in [0.25, 0.3) is 7.41 Å². The smallest absolute Gasteiger partial charge is 0.276 e. The number of rotatable bonds is 3. The molecule has 4 heteroatoms. The Balaban J connectivity index is 2.21. The van der Waals surface area contributed by atoms with Crippen LogP contribution in [0, 0.1) is 0 Å². The molecule has 2 rings (SSSR count). The minimum absolute atomic E-state index is 0.316. The molecule has 0 spiro atoms. The van der Waals surface area contributed by atoms with E-state index in [-0.39, 0.29) is 0 Å². The van der Waals surface area contributed by atoms with E-state index in [1.807, 2.05) is 12.1 Å². The fourth-order valence-electron chi connectivity index (χ4n) is 2.16. The maximum absolute atomic E-state index is 5.23. The summed E-state index contributed by atoms with van der Waals surface area (Å²) in [5.74, 6) is 0.895. The zero-order valence-electron chi connectivity index (χ0n) is 14.0. The minimum Gasteiger partial charge on any atom is -0.497 e. The maximum Gasteiger partial charge on any atom is 0.276 e. The maximum atomic E-state index is 5.23. The Bertz CT molecular complexity index is 555. The molecule has 111 valence electrons. The zero-order valence-corrected chi connectivity index (χ0v) is 15.0. The number of hydrogen-bond acceptors (Lipinski definition) is 2. The van der Waals surface area contributed by atoms with Crippen molar-refractivity contribution in [2.24, 2.45) is 0 Å². The van der Waals surface area contributed by atoms with Gasteiger partial charge < -0.3 is 9.21 Å². The van der Waals surface area contributed by atoms with E-state index in [9.17, 15) is 0 Å². The van der Waals surface area contributed by atoms with Crippen molar-refractivity contribution >= 4 is 21.1 Å². The van der Waals surface area contributed by atoms with Crippen molar-refractivity contribution in [3.05, 3.63) is 48.2 Å². The van der Waals surface area contributed by atoms with E-state index in [0.717, 1.165) is 5.75 Å². The molecule has 0 aromatic heterocycles. The van der Waals surface area contributed by atoms with Crippen molar-refractivity contribution < 1.29 is 4.74 Å². The van der Waals surface area contributed by atoms with Gasteiger partial charge in [0.2, 0.25) is 0 Å². The molecule has 1 aliphatic heterocycles. The van der Waals surface area contributed by atoms with E-state index in [1.165, 1.54) is 11.0 Å². The lowest BCUT2D eigenvalue weighted by Gasteiger charge is -2.47. The van der Waals surface area contributed by atoms with Crippen molar-refractivity contribution in [2.45, 2.75) is 38.9 Å². The SMILES string of the molecule is COc1ccc(C2=CC=CN([Si](C)(C)C(C)(C)C)[B]2)cc1. The predicted molar refractivity (Wildman–Crippen MR) is 94.9 cm³/mol. The first-order valence-electron chi connectivity index (χ1n) is 7.42. The first-order valence-corrected chi connectivity index (χ1v) is 10.4. The molecule has 2 nitrogen and oxygen atoms in total. The average Bonchev–Trinajstić information content (AvgIpc) is 2.46. The standard InChI is InChI=1S/C17H25BNOSi/c1-17(2,3)21(5,6)19-13-7-8-16(18-19)14-9-11-15(20-4)12-10-14/h7-13H,1-6H3. The van der Waals surface area contributed by atoms with Gasteiger partial charge in [-0.2, -0.15) is 0 Å². The normalized spacial score (nSPS) is 15.5. The van der Waals surface area contributed by atoms with Gasteiger partial charge in [0.05, 0.1) is 7.11 Å². The molecule has 0 saturated carbocycles. The van der Waals surface area contributed by atoms with Gasteiger partial charge >= 0.3 is 0 Å². The first-order chi connectivity index (χ1) is 9.75. The second-order valence-electron chi connectivity index (χ2n) is 7.04. The third kappa shape index (κ3) is 3.26. The van der Waals surface area contributed by atoms with E-state index in [4.69, 9.17) is 4.74 Å². The van der Waals surface area contributed by atoms with Crippen molar-refractivity contribution in [1.29, 1.82) is 0 Å². The molecule has 1 heterocycles. The van der Waals surface area contributed by atoms with Crippen LogP contribution in [0.15, 0.2) is 42.6 Å². The highest BCUT2D eigenvalue weighted by atomic mass is 28.3. The first kappa shape index (κ1) is 16.0. The van der Waals surface area contributed by atoms with Crippen LogP contribution < -0.4 is 4.74 Å². The van der Waals surface area contributed by atoms with Gasteiger partial charge in [0.1, 0.15) is 14.0 Å². The number of benzene rings is 1. The van der Waals surface area contributed by atoms with Crippen molar-refractivity contribution in [3.8, 4) is 5.75 Å². The van der Waals surface area contributed by atoms with E-state index >= 15 is 0 Å². The van der Waals surface area contributed by atoms with Crippen LogP contribution in [0.2, 0.25) is 18.1 Å². The van der Waals surface area contributed by atoms with Crippen LogP contribution in [0.3, 0.4) is 0 Å². The Morgan fingerprint density at radius 2 is 1.71 bits per heavy atom. The molecule has 0 unspecified atom stereocenters. The van der Waals surface area contributed by atoms with Crippen molar-refractivity contribution in [3.63, 3.8) is 0 Å². The monoisotopic (exact) mass is 298 g/mol. The molecule has 1 radical (unpaired) electrons. The number of nitrogens with zero attached hydrogens (tertiary/aromatic N) is 1. The fourth-order valence-corrected chi connectivity index (χ4v) is 3.86. The zero-order chi connectivity index (χ0) is 15.7. The quantitative estimate of drug-likeness (QED) is 0.762. The summed E-state index contributed by atoms with van der Waals surface area (Å²) >= 11 is 0. The largest absolute Gasteiger partial charge is 0.497 e. The third-order valence-corrected chi connectivity index (χ3v) is 9.94. The summed E-state index contributed by atoms with van der Waals surface area (Å²) < 4.78 is 7.68. The Morgan fingerprint density at radius 1 is 1.10 bits per heavy atom. The molecule has 0 N–H and O–H groups in total. The topological polar surface area (TPSA) is 12.5 Å². The average molecular weight is 298 g/mol. The Morgan fingerprint density at radius 3 is 2.24 bits per heavy atom. The lowest BCUT2D eigenvalue weighted by molar-refractivity contribution is 0.415. The van der Waals surface area contributed by atoms with Gasteiger partial charge in [-0.25, -0.2) is 0 Å². The second kappa shape index (κ2) is 5.76. The summed E-state index contributed by atoms with van der Waals surface area (Å²) in [6.45, 7) is 11.9. The summed E-state index contributed by atoms with van der Waals surface area (Å²) in [7, 11) is 2.42. The molecule has 0 aliphatic carbocycles. The molecule has 1 aromatic carbocycles. The lowest BCUT2D eigenvalue weighted by atomic mass is 9.76. The summed E-state index contributed by atoms with van der Waals surface area (Å²) in [6, 6.07) is 8.26. The fraction of sp³-hybridized carbons (Fsp3) is 0.412. The van der Waals surface area contributed by atoms with Gasteiger partial charge in [0, 0.05) is 0 Å². The number of ether oxygens (including phenoxy) is 1. The number of allylic oxidation sites excluding steroid dienone is 2. The van der Waals surface area contributed by atoms with Gasteiger partial charge in [-0.15, -0.1) is 0 Å². The molecule has 0 saturated heterocycles. The Labute approximate surface area is 130 Å². The molecule has 0 bridgehead atoms. The van der Waals surface area contributed by atoms with Crippen LogP contribution in [0.4, 0.5) is 0 Å². The number of hydrogen-bond donors (Lipinski definition) is 0. The van der Waals surface area contributed by atoms with Crippen molar-refractivity contribution in [1.82, 2.24) is 4.48 Å². The van der Waals surface area contributed by atoms with E-state index in [1.54, 1.807) is 7.11 Å². The van der Waals surface area contributed by atoms with Crippen LogP contribution in [0.1, 0.15) is 26.3 Å². The highest BCUT2D eigenvalue weighted by Gasteiger charge is 2.40. The van der Waals surface area contributed by atoms with Gasteiger partial charge in [-0.3, -0.25) is 0 Å². The summed E-state index contributed by atoms with van der Waals surface area (Å²) in [6.07, 6.45) is 6.54. The van der Waals surface area contributed by atoms with Crippen LogP contribution in [0.25, 0.3) is 5.47 Å². The lowest BCUT2D eigenvalue weighted by Crippen LogP contribution is -2.54. The molecule has 1 aliphatic rings. The summed E-state index contributed by atoms with van der Waals surface area (Å²) in [5, 5.41) is 0.316. The molecule has 0 atom stereocenters. The Kier molecular flexibility index (Phi) is 4.38. The van der Waals surface area contributed by atoms with Crippen LogP contribution in [-0.2, 0) is 0 Å². The highest BCUT2D eigenvalue weighted by molar-refractivity contribution is 6.86. The van der Waals surface area contributed by atoms with E-state index in [2.05, 4.69) is 76.2 Å².